The molecule has 2 amide bonds. The van der Waals surface area contributed by atoms with Crippen molar-refractivity contribution in [3.63, 3.8) is 0 Å². The van der Waals surface area contributed by atoms with Gasteiger partial charge in [-0.25, -0.2) is 15.0 Å². The average molecular weight is 386 g/mol. The second-order valence-electron chi connectivity index (χ2n) is 6.82. The number of pyridine rings is 1. The Morgan fingerprint density at radius 2 is 1.93 bits per heavy atom. The van der Waals surface area contributed by atoms with Crippen LogP contribution in [0.1, 0.15) is 30.8 Å². The molecule has 0 saturated carbocycles. The van der Waals surface area contributed by atoms with Crippen molar-refractivity contribution in [2.24, 2.45) is 17.4 Å². The van der Waals surface area contributed by atoms with Gasteiger partial charge >= 0.3 is 0 Å². The lowest BCUT2D eigenvalue weighted by molar-refractivity contribution is -0.121. The first-order valence-electron chi connectivity index (χ1n) is 8.80. The lowest BCUT2D eigenvalue weighted by atomic mass is 10.0. The summed E-state index contributed by atoms with van der Waals surface area (Å²) in [7, 11) is 3.75. The lowest BCUT2D eigenvalue weighted by Crippen LogP contribution is -2.27. The molecule has 10 heteroatoms. The number of anilines is 4. The highest BCUT2D eigenvalue weighted by Crippen LogP contribution is 2.22. The normalized spacial score (nSPS) is 12.7. The van der Waals surface area contributed by atoms with Crippen LogP contribution < -0.4 is 27.0 Å². The first-order chi connectivity index (χ1) is 13.2. The van der Waals surface area contributed by atoms with Crippen LogP contribution in [0.4, 0.5) is 23.1 Å². The van der Waals surface area contributed by atoms with Gasteiger partial charge < -0.3 is 27.0 Å². The van der Waals surface area contributed by atoms with Gasteiger partial charge in [0.15, 0.2) is 11.5 Å². The molecular weight excluding hydrogens is 360 g/mol. The van der Waals surface area contributed by atoms with E-state index in [1.165, 1.54) is 6.20 Å². The van der Waals surface area contributed by atoms with E-state index in [0.717, 1.165) is 5.82 Å². The van der Waals surface area contributed by atoms with Gasteiger partial charge in [-0.3, -0.25) is 9.59 Å². The number of carbonyl (C=O) groups is 2. The van der Waals surface area contributed by atoms with Gasteiger partial charge in [0.2, 0.25) is 5.91 Å². The van der Waals surface area contributed by atoms with E-state index >= 15 is 0 Å². The van der Waals surface area contributed by atoms with Crippen LogP contribution in [-0.4, -0.2) is 46.9 Å². The van der Waals surface area contributed by atoms with E-state index < -0.39 is 5.91 Å². The molecule has 150 valence electrons. The van der Waals surface area contributed by atoms with Crippen molar-refractivity contribution >= 4 is 35.0 Å². The number of hydrogen-bond acceptors (Lipinski definition) is 8. The van der Waals surface area contributed by atoms with Gasteiger partial charge in [-0.05, 0) is 19.4 Å². The minimum atomic E-state index is -0.696. The van der Waals surface area contributed by atoms with E-state index in [1.807, 2.05) is 32.0 Å². The highest BCUT2D eigenvalue weighted by atomic mass is 16.1. The van der Waals surface area contributed by atoms with Crippen molar-refractivity contribution in [3.8, 4) is 0 Å². The monoisotopic (exact) mass is 386 g/mol. The zero-order chi connectivity index (χ0) is 20.8. The molecule has 0 fully saturated rings. The molecule has 6 N–H and O–H groups in total. The number of amides is 2. The maximum atomic E-state index is 11.7. The Hall–Kier alpha value is -3.43. The van der Waals surface area contributed by atoms with Gasteiger partial charge in [0.1, 0.15) is 11.6 Å². The Kier molecular flexibility index (Phi) is 6.69. The Labute approximate surface area is 163 Å². The largest absolute Gasteiger partial charge is 0.369 e. The highest BCUT2D eigenvalue weighted by molar-refractivity contribution is 5.96. The zero-order valence-electron chi connectivity index (χ0n) is 16.4. The third kappa shape index (κ3) is 5.53. The summed E-state index contributed by atoms with van der Waals surface area (Å²) in [5.74, 6) is 0.0719. The summed E-state index contributed by atoms with van der Waals surface area (Å²) in [4.78, 5) is 37.6. The fraction of sp³-hybridized carbons (Fsp3) is 0.389. The quantitative estimate of drug-likeness (QED) is 0.500. The predicted octanol–water partition coefficient (Wildman–Crippen LogP) is 1.09. The van der Waals surface area contributed by atoms with Crippen molar-refractivity contribution in [3.05, 3.63) is 30.2 Å². The first kappa shape index (κ1) is 20.9. The number of nitrogens with zero attached hydrogens (tertiary/aromatic N) is 4. The molecule has 0 aliphatic carbocycles. The van der Waals surface area contributed by atoms with Crippen molar-refractivity contribution in [1.29, 1.82) is 0 Å². The van der Waals surface area contributed by atoms with E-state index in [0.29, 0.717) is 17.9 Å². The molecule has 0 aromatic carbocycles. The number of aromatic nitrogens is 3. The molecule has 0 bridgehead atoms. The van der Waals surface area contributed by atoms with Gasteiger partial charge in [0.05, 0.1) is 6.20 Å². The number of hydrogen-bond donors (Lipinski definition) is 4. The Morgan fingerprint density at radius 3 is 2.54 bits per heavy atom. The summed E-state index contributed by atoms with van der Waals surface area (Å²) in [6.07, 6.45) is 3.60. The second-order valence-corrected chi connectivity index (χ2v) is 6.82. The van der Waals surface area contributed by atoms with Crippen molar-refractivity contribution in [2.45, 2.75) is 26.3 Å². The molecule has 2 atom stereocenters. The van der Waals surface area contributed by atoms with Gasteiger partial charge in [-0.1, -0.05) is 6.92 Å². The summed E-state index contributed by atoms with van der Waals surface area (Å²) in [6, 6.07) is 3.48. The number of nitrogens with two attached hydrogens (primary N) is 2. The lowest BCUT2D eigenvalue weighted by Gasteiger charge is -2.18. The summed E-state index contributed by atoms with van der Waals surface area (Å²) < 4.78 is 0. The summed E-state index contributed by atoms with van der Waals surface area (Å²) >= 11 is 0. The molecule has 0 saturated heterocycles. The molecular formula is C18H26N8O2. The van der Waals surface area contributed by atoms with Crippen molar-refractivity contribution in [1.82, 2.24) is 15.0 Å². The average Bonchev–Trinajstić information content (AvgIpc) is 2.61. The van der Waals surface area contributed by atoms with Crippen molar-refractivity contribution < 1.29 is 9.59 Å². The smallest absolute Gasteiger partial charge is 0.271 e. The van der Waals surface area contributed by atoms with E-state index in [4.69, 9.17) is 11.5 Å². The molecule has 2 unspecified atom stereocenters. The molecule has 10 nitrogen and oxygen atoms in total. The van der Waals surface area contributed by atoms with Crippen LogP contribution in [-0.2, 0) is 4.79 Å². The van der Waals surface area contributed by atoms with Crippen LogP contribution >= 0.6 is 0 Å². The maximum Gasteiger partial charge on any atom is 0.271 e. The van der Waals surface area contributed by atoms with Crippen LogP contribution in [0.2, 0.25) is 0 Å². The Bertz CT molecular complexity index is 855. The van der Waals surface area contributed by atoms with Crippen LogP contribution in [0.5, 0.6) is 0 Å². The van der Waals surface area contributed by atoms with E-state index in [9.17, 15) is 9.59 Å². The van der Waals surface area contributed by atoms with Crippen LogP contribution in [0.3, 0.4) is 0 Å². The highest BCUT2D eigenvalue weighted by Gasteiger charge is 2.17. The number of primary amides is 2. The topological polar surface area (TPSA) is 152 Å². The van der Waals surface area contributed by atoms with Crippen LogP contribution in [0.25, 0.3) is 0 Å². The molecule has 0 aliphatic rings. The van der Waals surface area contributed by atoms with Crippen LogP contribution in [0, 0.1) is 5.92 Å². The van der Waals surface area contributed by atoms with Gasteiger partial charge in [0.25, 0.3) is 5.91 Å². The summed E-state index contributed by atoms with van der Waals surface area (Å²) in [6.45, 7) is 3.67. The fourth-order valence-electron chi connectivity index (χ4n) is 2.56. The molecule has 28 heavy (non-hydrogen) atoms. The van der Waals surface area contributed by atoms with E-state index in [1.54, 1.807) is 19.2 Å². The first-order valence-corrected chi connectivity index (χ1v) is 8.80. The third-order valence-electron chi connectivity index (χ3n) is 4.06. The Balaban J connectivity index is 2.24. The fourth-order valence-corrected chi connectivity index (χ4v) is 2.56. The minimum Gasteiger partial charge on any atom is -0.369 e. The summed E-state index contributed by atoms with van der Waals surface area (Å²) in [5, 5.41) is 6.22. The summed E-state index contributed by atoms with van der Waals surface area (Å²) in [5.41, 5.74) is 11.4. The predicted molar refractivity (Wildman–Crippen MR) is 108 cm³/mol. The van der Waals surface area contributed by atoms with Gasteiger partial charge in [-0.2, -0.15) is 0 Å². The van der Waals surface area contributed by atoms with E-state index in [-0.39, 0.29) is 29.4 Å². The molecule has 0 radical (unpaired) electrons. The van der Waals surface area contributed by atoms with Crippen molar-refractivity contribution in [2.75, 3.05) is 29.6 Å². The zero-order valence-corrected chi connectivity index (χ0v) is 16.4. The standard InChI is InChI=1S/C18H26N8O2/c1-10(16(19)27)7-11(2)23-13-9-22-15(17(20)28)18(25-13)24-12-5-6-21-14(8-12)26(3)4/h5-6,8-11H,7H2,1-4H3,(H2,19,27)(H2,20,28)(H2,21,23,24,25). The number of rotatable bonds is 9. The maximum absolute atomic E-state index is 11.7. The van der Waals surface area contributed by atoms with Crippen LogP contribution in [0.15, 0.2) is 24.5 Å². The molecule has 2 aromatic heterocycles. The third-order valence-corrected chi connectivity index (χ3v) is 4.06. The number of carbonyl (C=O) groups excluding carboxylic acids is 2. The minimum absolute atomic E-state index is 0.0203. The SMILES string of the molecule is CC(CC(C)C(N)=O)Nc1cnc(C(N)=O)c(Nc2ccnc(N(C)C)c2)n1. The van der Waals surface area contributed by atoms with Gasteiger partial charge in [-0.15, -0.1) is 0 Å². The molecule has 2 heterocycles. The number of nitrogens with one attached hydrogen (secondary N) is 2. The molecule has 2 rings (SSSR count). The van der Waals surface area contributed by atoms with E-state index in [2.05, 4.69) is 25.6 Å². The molecule has 2 aromatic rings. The Morgan fingerprint density at radius 1 is 1.21 bits per heavy atom. The van der Waals surface area contributed by atoms with Gasteiger partial charge in [0, 0.05) is 44.0 Å². The molecule has 0 spiro atoms. The molecule has 0 aliphatic heterocycles. The second kappa shape index (κ2) is 8.98.